The molecule has 0 fully saturated rings. The van der Waals surface area contributed by atoms with Crippen molar-refractivity contribution in [2.24, 2.45) is 0 Å². The van der Waals surface area contributed by atoms with Crippen LogP contribution in [0.5, 0.6) is 0 Å². The molecule has 0 aliphatic carbocycles. The van der Waals surface area contributed by atoms with Crippen LogP contribution in [0.25, 0.3) is 0 Å². The summed E-state index contributed by atoms with van der Waals surface area (Å²) in [5, 5.41) is 114. The normalized spacial score (nSPS) is 21.3. The van der Waals surface area contributed by atoms with E-state index in [9.17, 15) is 40.5 Å². The smallest absolute Gasteiger partial charge is 0.327 e. The second-order valence-corrected chi connectivity index (χ2v) is 5.01. The van der Waals surface area contributed by atoms with Gasteiger partial charge in [0.15, 0.2) is 5.60 Å². The van der Waals surface area contributed by atoms with E-state index in [1.54, 1.807) is 0 Å². The Bertz CT molecular complexity index is 480. The maximum atomic E-state index is 11.8. The lowest BCUT2D eigenvalue weighted by molar-refractivity contribution is -0.324. The van der Waals surface area contributed by atoms with Gasteiger partial charge in [0, 0.05) is 0 Å². The summed E-state index contributed by atoms with van der Waals surface area (Å²) in [5.74, 6) is -6.43. The van der Waals surface area contributed by atoms with Gasteiger partial charge in [-0.05, 0) is 5.76 Å². The van der Waals surface area contributed by atoms with Crippen molar-refractivity contribution in [1.82, 2.24) is 0 Å². The third kappa shape index (κ3) is 4.69. The van der Waals surface area contributed by atoms with E-state index in [1.807, 2.05) is 0 Å². The van der Waals surface area contributed by atoms with Crippen LogP contribution < -0.4 is 5.11 Å². The minimum Gasteiger partial charge on any atom is -0.895 e. The lowest BCUT2D eigenvalue weighted by Gasteiger charge is -2.46. The van der Waals surface area contributed by atoms with Crippen molar-refractivity contribution in [2.75, 3.05) is 13.2 Å². The van der Waals surface area contributed by atoms with E-state index in [-0.39, 0.29) is 0 Å². The van der Waals surface area contributed by atoms with E-state index < -0.39 is 72.9 Å². The highest BCUT2D eigenvalue weighted by Gasteiger charge is 2.49. The van der Waals surface area contributed by atoms with Gasteiger partial charge in [0.05, 0.1) is 25.4 Å². The van der Waals surface area contributed by atoms with Gasteiger partial charge < -0.3 is 61.3 Å². The van der Waals surface area contributed by atoms with Gasteiger partial charge in [-0.15, -0.1) is 0 Å². The molecule has 0 aliphatic heterocycles. The number of hydrogen-bond donors (Lipinski definition) is 11. The minimum absolute atomic E-state index is 1.15. The molecule has 25 heavy (non-hydrogen) atoms. The molecule has 0 heterocycles. The Morgan fingerprint density at radius 1 is 1.00 bits per heavy atom. The first-order valence-electron chi connectivity index (χ1n) is 6.62. The summed E-state index contributed by atoms with van der Waals surface area (Å²) >= 11 is 0. The first-order chi connectivity index (χ1) is 11.4. The van der Waals surface area contributed by atoms with Gasteiger partial charge in [0.1, 0.15) is 18.3 Å². The van der Waals surface area contributed by atoms with Gasteiger partial charge in [-0.2, -0.15) is 0 Å². The number of aliphatic hydroxyl groups excluding tert-OH is 9. The predicted molar refractivity (Wildman–Crippen MR) is 71.6 cm³/mol. The molecule has 0 bridgehead atoms. The molecule has 0 rings (SSSR count). The van der Waals surface area contributed by atoms with Crippen molar-refractivity contribution in [2.45, 2.75) is 36.1 Å². The first-order valence-corrected chi connectivity index (χ1v) is 6.62. The molecule has 6 unspecified atom stereocenters. The highest BCUT2D eigenvalue weighted by atomic mass is 16.5. The van der Waals surface area contributed by atoms with E-state index >= 15 is 0 Å². The molecule has 0 aromatic heterocycles. The average molecular weight is 372 g/mol. The van der Waals surface area contributed by atoms with Gasteiger partial charge in [-0.1, -0.05) is 6.10 Å². The molecule has 148 valence electrons. The Hall–Kier alpha value is -1.68. The summed E-state index contributed by atoms with van der Waals surface area (Å²) in [6, 6.07) is 0. The van der Waals surface area contributed by atoms with E-state index in [4.69, 9.17) is 25.5 Å². The number of aliphatic carboxylic acids is 1. The van der Waals surface area contributed by atoms with Crippen LogP contribution >= 0.6 is 0 Å². The summed E-state index contributed by atoms with van der Waals surface area (Å²) in [5.41, 5.74) is -3.97. The number of aliphatic hydroxyl groups is 10. The topological polar surface area (TPSA) is 263 Å². The van der Waals surface area contributed by atoms with E-state index in [0.29, 0.717) is 0 Å². The summed E-state index contributed by atoms with van der Waals surface area (Å²) in [4.78, 5) is 11.2. The largest absolute Gasteiger partial charge is 0.895 e. The molecule has 0 saturated heterocycles. The predicted octanol–water partition coefficient (Wildman–Crippen LogP) is -6.37. The van der Waals surface area contributed by atoms with Crippen LogP contribution in [0.4, 0.5) is 0 Å². The van der Waals surface area contributed by atoms with Crippen molar-refractivity contribution in [1.29, 1.82) is 0 Å². The molecule has 6 atom stereocenters. The summed E-state index contributed by atoms with van der Waals surface area (Å²) < 4.78 is 0. The minimum atomic E-state index is -3.97. The van der Waals surface area contributed by atoms with Crippen molar-refractivity contribution in [3.63, 3.8) is 0 Å². The Labute approximate surface area is 140 Å². The van der Waals surface area contributed by atoms with Crippen LogP contribution in [0.3, 0.4) is 0 Å². The van der Waals surface area contributed by atoms with Crippen molar-refractivity contribution in [3.05, 3.63) is 17.6 Å². The Morgan fingerprint density at radius 2 is 1.44 bits per heavy atom. The van der Waals surface area contributed by atoms with Gasteiger partial charge >= 0.3 is 5.97 Å². The maximum absolute atomic E-state index is 11.8. The van der Waals surface area contributed by atoms with E-state index in [2.05, 4.69) is 0 Å². The monoisotopic (exact) mass is 372 g/mol. The lowest BCUT2D eigenvalue weighted by Crippen LogP contribution is -2.62. The Morgan fingerprint density at radius 3 is 1.80 bits per heavy atom. The molecule has 0 saturated carbocycles. The molecule has 0 spiro atoms. The second-order valence-electron chi connectivity index (χ2n) is 5.01. The number of carboxylic acids is 1. The van der Waals surface area contributed by atoms with Crippen LogP contribution in [0.1, 0.15) is 0 Å². The lowest BCUT2D eigenvalue weighted by atomic mass is 9.84. The second kappa shape index (κ2) is 9.14. The van der Waals surface area contributed by atoms with Gasteiger partial charge in [-0.25, -0.2) is 5.76 Å². The maximum Gasteiger partial charge on any atom is 0.327 e. The van der Waals surface area contributed by atoms with Crippen molar-refractivity contribution < 1.29 is 66.1 Å². The highest BCUT2D eigenvalue weighted by Crippen LogP contribution is 2.30. The van der Waals surface area contributed by atoms with Crippen molar-refractivity contribution in [3.8, 4) is 0 Å². The number of hydrogen-bond acceptors (Lipinski definition) is 12. The summed E-state index contributed by atoms with van der Waals surface area (Å²) in [6.07, 6.45) is -14.5. The molecule has 0 amide bonds. The summed E-state index contributed by atoms with van der Waals surface area (Å²) in [7, 11) is 0. The SMILES string of the molecule is O=C(O)C(O)([C-](O)C([O-])=C(O)C(O)C(O)CO)C(O)C(O)C(O)CO. The third-order valence-electron chi connectivity index (χ3n) is 3.30. The zero-order valence-electron chi connectivity index (χ0n) is 12.5. The number of carbonyl (C=O) groups is 1. The molecule has 0 aromatic carbocycles. The van der Waals surface area contributed by atoms with Crippen LogP contribution in [0.15, 0.2) is 11.5 Å². The molecule has 0 aliphatic rings. The molecular weight excluding hydrogens is 352 g/mol. The quantitative estimate of drug-likeness (QED) is 0.126. The Kier molecular flexibility index (Phi) is 8.52. The molecule has 0 radical (unpaired) electrons. The average Bonchev–Trinajstić information content (AvgIpc) is 2.61. The first kappa shape index (κ1) is 23.3. The number of carboxylic acid groups (broad SMARTS) is 1. The zero-order chi connectivity index (χ0) is 20.1. The van der Waals surface area contributed by atoms with Crippen LogP contribution in [0, 0.1) is 6.10 Å². The van der Waals surface area contributed by atoms with Crippen LogP contribution in [-0.4, -0.2) is 111 Å². The molecule has 13 heteroatoms. The molecule has 13 nitrogen and oxygen atoms in total. The van der Waals surface area contributed by atoms with Gasteiger partial charge in [0.2, 0.25) is 0 Å². The summed E-state index contributed by atoms with van der Waals surface area (Å²) in [6.45, 7) is -2.34. The molecule has 0 aromatic rings. The number of rotatable bonds is 10. The molecule has 11 N–H and O–H groups in total. The fourth-order valence-electron chi connectivity index (χ4n) is 1.64. The van der Waals surface area contributed by atoms with Crippen molar-refractivity contribution >= 4 is 5.97 Å². The van der Waals surface area contributed by atoms with Gasteiger partial charge in [0.25, 0.3) is 0 Å². The Balaban J connectivity index is 5.90. The third-order valence-corrected chi connectivity index (χ3v) is 3.30. The molecular formula is C12H20O13-2. The standard InChI is InChI=1S/C12H21O13/c13-1-3(15)5(17)7(19)8(20)10(22)12(25,11(23)24)9(21)6(18)4(16)2-14/h3-6,9,13-22,25H,1-2H2,(H,23,24)/q-1/p-1. The van der Waals surface area contributed by atoms with Crippen LogP contribution in [0.2, 0.25) is 0 Å². The fourth-order valence-corrected chi connectivity index (χ4v) is 1.64. The van der Waals surface area contributed by atoms with Gasteiger partial charge in [-0.3, -0.25) is 4.79 Å². The zero-order valence-corrected chi connectivity index (χ0v) is 12.5. The van der Waals surface area contributed by atoms with E-state index in [1.165, 1.54) is 0 Å². The fraction of sp³-hybridized carbons (Fsp3) is 0.667. The highest BCUT2D eigenvalue weighted by molar-refractivity contribution is 5.82. The van der Waals surface area contributed by atoms with E-state index in [0.717, 1.165) is 0 Å². The van der Waals surface area contributed by atoms with Crippen LogP contribution in [-0.2, 0) is 4.79 Å².